The summed E-state index contributed by atoms with van der Waals surface area (Å²) in [6.45, 7) is 1.60. The van der Waals surface area contributed by atoms with Crippen molar-refractivity contribution >= 4 is 7.82 Å². The Morgan fingerprint density at radius 1 is 1.47 bits per heavy atom. The lowest BCUT2D eigenvalue weighted by atomic mass is 10.5. The first-order valence-electron chi connectivity index (χ1n) is 4.41. The number of nitrogens with zero attached hydrogens (tertiary/aromatic N) is 1. The van der Waals surface area contributed by atoms with E-state index < -0.39 is 13.7 Å². The minimum Gasteiger partial charge on any atom is -0.353 e. The van der Waals surface area contributed by atoms with E-state index in [0.717, 1.165) is 6.92 Å². The lowest BCUT2D eigenvalue weighted by Crippen LogP contribution is -2.39. The number of hydrogen-bond donors (Lipinski definition) is 3. The first-order valence-corrected chi connectivity index (χ1v) is 5.91. The summed E-state index contributed by atoms with van der Waals surface area (Å²) in [4.78, 5) is 9.11. The smallest absolute Gasteiger partial charge is 0.353 e. The topological polar surface area (TPSA) is 102 Å². The van der Waals surface area contributed by atoms with E-state index in [2.05, 4.69) is 9.05 Å². The van der Waals surface area contributed by atoms with Crippen molar-refractivity contribution in [3.05, 3.63) is 0 Å². The van der Waals surface area contributed by atoms with Crippen molar-refractivity contribution in [2.45, 2.75) is 12.8 Å². The van der Waals surface area contributed by atoms with Crippen molar-refractivity contribution in [2.75, 3.05) is 34.3 Å². The van der Waals surface area contributed by atoms with Crippen molar-refractivity contribution in [3.63, 3.8) is 0 Å². The molecule has 0 aliphatic carbocycles. The summed E-state index contributed by atoms with van der Waals surface area (Å²) in [7, 11) is 1.44. The van der Waals surface area contributed by atoms with Crippen molar-refractivity contribution in [1.29, 1.82) is 0 Å². The fourth-order valence-corrected chi connectivity index (χ4v) is 1.52. The molecule has 0 radical (unpaired) electrons. The lowest BCUT2D eigenvalue weighted by molar-refractivity contribution is -0.870. The van der Waals surface area contributed by atoms with Gasteiger partial charge in [0.25, 0.3) is 0 Å². The molecule has 0 aliphatic rings. The van der Waals surface area contributed by atoms with Crippen molar-refractivity contribution in [1.82, 2.24) is 0 Å². The second-order valence-corrected chi connectivity index (χ2v) is 5.84. The van der Waals surface area contributed by atoms with Gasteiger partial charge in [0.15, 0.2) is 0 Å². The van der Waals surface area contributed by atoms with Crippen LogP contribution in [0.3, 0.4) is 0 Å². The molecule has 0 spiro atoms. The second-order valence-electron chi connectivity index (χ2n) is 4.46. The van der Waals surface area contributed by atoms with Gasteiger partial charge in [0, 0.05) is 6.92 Å². The Morgan fingerprint density at radius 3 is 2.27 bits per heavy atom. The molecule has 0 bridgehead atoms. The summed E-state index contributed by atoms with van der Waals surface area (Å²) < 4.78 is 20.6. The summed E-state index contributed by atoms with van der Waals surface area (Å²) in [6, 6.07) is 0. The van der Waals surface area contributed by atoms with Gasteiger partial charge in [0.05, 0.1) is 21.1 Å². The quantitative estimate of drug-likeness (QED) is 0.329. The van der Waals surface area contributed by atoms with Crippen molar-refractivity contribution in [2.24, 2.45) is 5.73 Å². The Hall–Kier alpha value is -0.0100. The fraction of sp³-hybridized carbons (Fsp3) is 1.00. The highest BCUT2D eigenvalue weighted by Gasteiger charge is 2.31. The average Bonchev–Trinajstić information content (AvgIpc) is 1.75. The number of phosphoric acid groups is 1. The lowest BCUT2D eigenvalue weighted by Gasteiger charge is -2.25. The van der Waals surface area contributed by atoms with E-state index in [1.54, 1.807) is 0 Å². The van der Waals surface area contributed by atoms with E-state index in [-0.39, 0.29) is 6.61 Å². The van der Waals surface area contributed by atoms with Crippen LogP contribution in [0.15, 0.2) is 0 Å². The van der Waals surface area contributed by atoms with Gasteiger partial charge in [-0.05, 0) is 0 Å². The van der Waals surface area contributed by atoms with Crippen LogP contribution in [0.1, 0.15) is 6.92 Å². The largest absolute Gasteiger partial charge is 0.475 e. The molecule has 2 unspecified atom stereocenters. The zero-order valence-electron chi connectivity index (χ0n) is 9.51. The first-order chi connectivity index (χ1) is 6.41. The molecule has 0 saturated heterocycles. The van der Waals surface area contributed by atoms with Crippen LogP contribution in [-0.2, 0) is 13.6 Å². The normalized spacial score (nSPS) is 20.7. The van der Waals surface area contributed by atoms with Gasteiger partial charge in [-0.25, -0.2) is 9.09 Å². The number of rotatable bonds is 6. The van der Waals surface area contributed by atoms with Gasteiger partial charge < -0.3 is 14.5 Å². The Kier molecular flexibility index (Phi) is 4.88. The van der Waals surface area contributed by atoms with Crippen molar-refractivity contribution < 1.29 is 28.1 Å². The fourth-order valence-electron chi connectivity index (χ4n) is 0.690. The number of phosphoric ester groups is 1. The second kappa shape index (κ2) is 4.88. The molecule has 0 aromatic carbocycles. The molecule has 0 aromatic rings. The van der Waals surface area contributed by atoms with Crippen LogP contribution in [0.5, 0.6) is 0 Å². The van der Waals surface area contributed by atoms with E-state index in [0.29, 0.717) is 11.0 Å². The minimum atomic E-state index is -4.29. The Balaban J connectivity index is 4.01. The molecule has 8 heteroatoms. The zero-order valence-corrected chi connectivity index (χ0v) is 10.4. The van der Waals surface area contributed by atoms with Gasteiger partial charge >= 0.3 is 7.82 Å². The first kappa shape index (κ1) is 15.0. The van der Waals surface area contributed by atoms with E-state index in [1.165, 1.54) is 0 Å². The third-order valence-corrected chi connectivity index (χ3v) is 2.43. The molecular formula is C7H20N2O5P+. The van der Waals surface area contributed by atoms with Gasteiger partial charge in [-0.2, -0.15) is 0 Å². The van der Waals surface area contributed by atoms with Crippen molar-refractivity contribution in [3.8, 4) is 0 Å². The van der Waals surface area contributed by atoms with Gasteiger partial charge in [-0.3, -0.25) is 10.3 Å². The predicted molar refractivity (Wildman–Crippen MR) is 54.6 cm³/mol. The van der Waals surface area contributed by atoms with Gasteiger partial charge in [-0.1, -0.05) is 0 Å². The molecule has 0 fully saturated rings. The molecular weight excluding hydrogens is 223 g/mol. The number of aliphatic hydroxyl groups is 1. The third-order valence-electron chi connectivity index (χ3n) is 1.32. The number of hydrogen-bond acceptors (Lipinski definition) is 5. The average molecular weight is 243 g/mol. The SMILES string of the molecule is CC(N)(O)OP(=O)(O)OCC[N+](C)(C)C. The van der Waals surface area contributed by atoms with Crippen LogP contribution < -0.4 is 5.73 Å². The number of quaternary nitrogens is 1. The van der Waals surface area contributed by atoms with E-state index >= 15 is 0 Å². The minimum absolute atomic E-state index is 0.0351. The molecule has 0 saturated carbocycles. The van der Waals surface area contributed by atoms with Crippen LogP contribution in [-0.4, -0.2) is 54.7 Å². The monoisotopic (exact) mass is 243 g/mol. The number of nitrogens with two attached hydrogens (primary N) is 1. The molecule has 92 valence electrons. The number of likely N-dealkylation sites (N-methyl/N-ethyl adjacent to an activating group) is 1. The Labute approximate surface area is 89.6 Å². The van der Waals surface area contributed by atoms with Crippen LogP contribution in [0.25, 0.3) is 0 Å². The molecule has 2 atom stereocenters. The summed E-state index contributed by atoms with van der Waals surface area (Å²) >= 11 is 0. The summed E-state index contributed by atoms with van der Waals surface area (Å²) in [5.41, 5.74) is 5.00. The highest BCUT2D eigenvalue weighted by atomic mass is 31.2. The molecule has 0 amide bonds. The van der Waals surface area contributed by atoms with Gasteiger partial charge in [-0.15, -0.1) is 0 Å². The van der Waals surface area contributed by atoms with E-state index in [1.807, 2.05) is 21.1 Å². The van der Waals surface area contributed by atoms with Gasteiger partial charge in [0.2, 0.25) is 5.91 Å². The summed E-state index contributed by atoms with van der Waals surface area (Å²) in [5.74, 6) is -2.18. The molecule has 0 heterocycles. The van der Waals surface area contributed by atoms with Gasteiger partial charge in [0.1, 0.15) is 13.2 Å². The molecule has 0 rings (SSSR count). The van der Waals surface area contributed by atoms with Crippen LogP contribution in [0.2, 0.25) is 0 Å². The highest BCUT2D eigenvalue weighted by Crippen LogP contribution is 2.45. The summed E-state index contributed by atoms with van der Waals surface area (Å²) in [5, 5.41) is 8.95. The Morgan fingerprint density at radius 2 is 1.93 bits per heavy atom. The highest BCUT2D eigenvalue weighted by molar-refractivity contribution is 7.47. The molecule has 0 aliphatic heterocycles. The maximum Gasteiger partial charge on any atom is 0.475 e. The van der Waals surface area contributed by atoms with Crippen LogP contribution in [0, 0.1) is 0 Å². The molecule has 15 heavy (non-hydrogen) atoms. The standard InChI is InChI=1S/C7H19N2O5P/c1-7(8,10)14-15(11,12)13-6-5-9(2,3)4/h10H,5-6,8H2,1-4H3/p+1. The molecule has 4 N–H and O–H groups in total. The third kappa shape index (κ3) is 10.3. The summed E-state index contributed by atoms with van der Waals surface area (Å²) in [6.07, 6.45) is 0. The predicted octanol–water partition coefficient (Wildman–Crippen LogP) is -0.549. The van der Waals surface area contributed by atoms with Crippen LogP contribution >= 0.6 is 7.82 Å². The Bertz CT molecular complexity index is 245. The maximum absolute atomic E-state index is 11.2. The maximum atomic E-state index is 11.2. The van der Waals surface area contributed by atoms with E-state index in [4.69, 9.17) is 15.7 Å². The molecule has 7 nitrogen and oxygen atoms in total. The van der Waals surface area contributed by atoms with E-state index in [9.17, 15) is 4.57 Å². The van der Waals surface area contributed by atoms with Crippen LogP contribution in [0.4, 0.5) is 0 Å². The molecule has 0 aromatic heterocycles. The zero-order chi connectivity index (χ0) is 12.3.